The van der Waals surface area contributed by atoms with E-state index in [1.807, 2.05) is 0 Å². The maximum absolute atomic E-state index is 10.7. The van der Waals surface area contributed by atoms with Crippen molar-refractivity contribution in [2.24, 2.45) is 0 Å². The van der Waals surface area contributed by atoms with Gasteiger partial charge in [0.25, 0.3) is 0 Å². The van der Waals surface area contributed by atoms with E-state index in [1.165, 1.54) is 11.1 Å². The van der Waals surface area contributed by atoms with Crippen molar-refractivity contribution in [1.29, 1.82) is 0 Å². The van der Waals surface area contributed by atoms with Crippen LogP contribution in [0.2, 0.25) is 0 Å². The number of carbonyl (C=O) groups is 1. The van der Waals surface area contributed by atoms with Gasteiger partial charge in [-0.3, -0.25) is 0 Å². The lowest BCUT2D eigenvalue weighted by Crippen LogP contribution is -2.20. The summed E-state index contributed by atoms with van der Waals surface area (Å²) < 4.78 is 21.4. The van der Waals surface area contributed by atoms with Crippen LogP contribution < -0.4 is 0 Å². The van der Waals surface area contributed by atoms with Gasteiger partial charge >= 0.3 is 5.97 Å². The van der Waals surface area contributed by atoms with Gasteiger partial charge < -0.3 is 10.0 Å². The van der Waals surface area contributed by atoms with E-state index in [4.69, 9.17) is 5.11 Å². The van der Waals surface area contributed by atoms with Crippen molar-refractivity contribution in [3.8, 4) is 0 Å². The van der Waals surface area contributed by atoms with Gasteiger partial charge in [0.05, 0.1) is 5.75 Å². The van der Waals surface area contributed by atoms with Crippen LogP contribution in [0, 0.1) is 0 Å². The highest BCUT2D eigenvalue weighted by Crippen LogP contribution is 1.88. The molecule has 0 saturated carbocycles. The van der Waals surface area contributed by atoms with Crippen LogP contribution in [0.1, 0.15) is 0 Å². The molecule has 0 aromatic rings. The first-order valence-corrected chi connectivity index (χ1v) is 5.66. The van der Waals surface area contributed by atoms with Gasteiger partial charge in [0.2, 0.25) is 0 Å². The molecule has 13 heavy (non-hydrogen) atoms. The number of hydrogen-bond donors (Lipinski definition) is 1. The predicted octanol–water partition coefficient (Wildman–Crippen LogP) is -0.439. The summed E-state index contributed by atoms with van der Waals surface area (Å²) in [5, 5.41) is 8.26. The zero-order valence-corrected chi connectivity index (χ0v) is 8.41. The molecule has 0 aliphatic rings. The van der Waals surface area contributed by atoms with Crippen molar-refractivity contribution in [3.63, 3.8) is 0 Å². The van der Waals surface area contributed by atoms with Crippen LogP contribution in [0.4, 0.5) is 0 Å². The van der Waals surface area contributed by atoms with Crippen LogP contribution in [-0.4, -0.2) is 50.0 Å². The molecule has 0 spiro atoms. The summed E-state index contributed by atoms with van der Waals surface area (Å²) in [6.45, 7) is 0.294. The topological polar surface area (TPSA) is 74.7 Å². The van der Waals surface area contributed by atoms with Crippen LogP contribution in [0.3, 0.4) is 0 Å². The van der Waals surface area contributed by atoms with Crippen molar-refractivity contribution in [3.05, 3.63) is 12.3 Å². The molecule has 0 bridgehead atoms. The quantitative estimate of drug-likeness (QED) is 0.619. The van der Waals surface area contributed by atoms with Gasteiger partial charge in [0.15, 0.2) is 0 Å². The molecule has 0 amide bonds. The Balaban J connectivity index is 3.89. The van der Waals surface area contributed by atoms with Gasteiger partial charge in [-0.15, -0.1) is 0 Å². The van der Waals surface area contributed by atoms with Crippen LogP contribution in [0.25, 0.3) is 0 Å². The second-order valence-corrected chi connectivity index (χ2v) is 5.02. The molecule has 0 heterocycles. The summed E-state index contributed by atoms with van der Waals surface area (Å²) in [5.74, 6) is -1.03. The Morgan fingerprint density at radius 1 is 1.54 bits per heavy atom. The van der Waals surface area contributed by atoms with Crippen molar-refractivity contribution in [1.82, 2.24) is 4.90 Å². The van der Waals surface area contributed by atoms with E-state index in [0.717, 1.165) is 12.3 Å². The maximum atomic E-state index is 10.7. The molecule has 0 aromatic heterocycles. The van der Waals surface area contributed by atoms with Crippen LogP contribution >= 0.6 is 0 Å². The molecule has 0 radical (unpaired) electrons. The summed E-state index contributed by atoms with van der Waals surface area (Å²) in [5.41, 5.74) is 0. The average molecular weight is 207 g/mol. The van der Waals surface area contributed by atoms with E-state index < -0.39 is 15.8 Å². The largest absolute Gasteiger partial charge is 0.478 e. The van der Waals surface area contributed by atoms with E-state index >= 15 is 0 Å². The highest BCUT2D eigenvalue weighted by Gasteiger charge is 2.02. The van der Waals surface area contributed by atoms with E-state index in [2.05, 4.69) is 0 Å². The average Bonchev–Trinajstić information content (AvgIpc) is 1.95. The fourth-order valence-electron chi connectivity index (χ4n) is 0.575. The van der Waals surface area contributed by atoms with Gasteiger partial charge in [-0.1, -0.05) is 0 Å². The van der Waals surface area contributed by atoms with E-state index in [0.29, 0.717) is 6.54 Å². The second kappa shape index (κ2) is 4.86. The third-order valence-electron chi connectivity index (χ3n) is 1.29. The lowest BCUT2D eigenvalue weighted by Gasteiger charge is -2.11. The van der Waals surface area contributed by atoms with Crippen LogP contribution in [-0.2, 0) is 14.6 Å². The molecule has 0 aromatic carbocycles. The molecule has 76 valence electrons. The highest BCUT2D eigenvalue weighted by atomic mass is 32.2. The Hall–Kier alpha value is -1.04. The number of aliphatic carboxylic acids is 1. The molecule has 0 aliphatic carbocycles. The normalized spacial score (nSPS) is 11.8. The molecule has 0 fully saturated rings. The standard InChI is InChI=1S/C7H13NO4S/c1-8(4-3-7(9)10)5-6-13(2,11)12/h3-4H,5-6H2,1-2H3,(H,9,10). The minimum absolute atomic E-state index is 0.0213. The smallest absolute Gasteiger partial charge is 0.329 e. The molecule has 1 N–H and O–H groups in total. The number of rotatable bonds is 5. The van der Waals surface area contributed by atoms with E-state index in [1.54, 1.807) is 7.05 Å². The summed E-state index contributed by atoms with van der Waals surface area (Å²) >= 11 is 0. The lowest BCUT2D eigenvalue weighted by molar-refractivity contribution is -0.131. The first kappa shape index (κ1) is 12.0. The van der Waals surface area contributed by atoms with Gasteiger partial charge in [-0.25, -0.2) is 13.2 Å². The number of carboxylic acids is 1. The molecule has 0 aliphatic heterocycles. The number of nitrogens with zero attached hydrogens (tertiary/aromatic N) is 1. The fourth-order valence-corrected chi connectivity index (χ4v) is 1.19. The molecule has 0 rings (SSSR count). The Morgan fingerprint density at radius 3 is 2.46 bits per heavy atom. The Labute approximate surface area is 77.6 Å². The molecule has 6 heteroatoms. The van der Waals surface area contributed by atoms with Gasteiger partial charge in [-0.05, 0) is 0 Å². The zero-order valence-electron chi connectivity index (χ0n) is 7.60. The van der Waals surface area contributed by atoms with E-state index in [9.17, 15) is 13.2 Å². The van der Waals surface area contributed by atoms with Crippen LogP contribution in [0.15, 0.2) is 12.3 Å². The molecule has 0 saturated heterocycles. The molecule has 5 nitrogen and oxygen atoms in total. The van der Waals surface area contributed by atoms with Gasteiger partial charge in [0.1, 0.15) is 9.84 Å². The number of carboxylic acid groups (broad SMARTS) is 1. The highest BCUT2D eigenvalue weighted by molar-refractivity contribution is 7.90. The lowest BCUT2D eigenvalue weighted by atomic mass is 10.5. The molecular weight excluding hydrogens is 194 g/mol. The third kappa shape index (κ3) is 8.87. The molecule has 0 unspecified atom stereocenters. The molecular formula is C7H13NO4S. The SMILES string of the molecule is CN(C=CC(=O)O)CCS(C)(=O)=O. The summed E-state index contributed by atoms with van der Waals surface area (Å²) in [7, 11) is -1.37. The van der Waals surface area contributed by atoms with Gasteiger partial charge in [0, 0.05) is 32.1 Å². The van der Waals surface area contributed by atoms with Crippen molar-refractivity contribution < 1.29 is 18.3 Å². The number of sulfone groups is 1. The summed E-state index contributed by atoms with van der Waals surface area (Å²) in [6.07, 6.45) is 3.43. The third-order valence-corrected chi connectivity index (χ3v) is 2.21. The first-order chi connectivity index (χ1) is 5.81. The van der Waals surface area contributed by atoms with Crippen molar-refractivity contribution in [2.75, 3.05) is 25.6 Å². The van der Waals surface area contributed by atoms with Crippen LogP contribution in [0.5, 0.6) is 0 Å². The Bertz CT molecular complexity index is 294. The van der Waals surface area contributed by atoms with Crippen molar-refractivity contribution in [2.45, 2.75) is 0 Å². The molecule has 0 atom stereocenters. The van der Waals surface area contributed by atoms with Gasteiger partial charge in [-0.2, -0.15) is 0 Å². The minimum Gasteiger partial charge on any atom is -0.478 e. The maximum Gasteiger partial charge on any atom is 0.329 e. The monoisotopic (exact) mass is 207 g/mol. The minimum atomic E-state index is -2.98. The fraction of sp³-hybridized carbons (Fsp3) is 0.571. The first-order valence-electron chi connectivity index (χ1n) is 3.60. The second-order valence-electron chi connectivity index (χ2n) is 2.76. The van der Waals surface area contributed by atoms with E-state index in [-0.39, 0.29) is 5.75 Å². The number of hydrogen-bond acceptors (Lipinski definition) is 4. The zero-order chi connectivity index (χ0) is 10.5. The Morgan fingerprint density at radius 2 is 2.08 bits per heavy atom. The van der Waals surface area contributed by atoms with Crippen molar-refractivity contribution >= 4 is 15.8 Å². The predicted molar refractivity (Wildman–Crippen MR) is 49.1 cm³/mol. The summed E-state index contributed by atoms with van der Waals surface area (Å²) in [6, 6.07) is 0. The summed E-state index contributed by atoms with van der Waals surface area (Å²) in [4.78, 5) is 11.6. The Kier molecular flexibility index (Phi) is 4.47.